The lowest BCUT2D eigenvalue weighted by Crippen LogP contribution is -1.83. The van der Waals surface area contributed by atoms with Crippen LogP contribution in [-0.4, -0.2) is 20.2 Å². The van der Waals surface area contributed by atoms with E-state index in [0.717, 1.165) is 22.4 Å². The Hall–Kier alpha value is -2.49. The molecule has 0 amide bonds. The molecular formula is C13H10N4. The van der Waals surface area contributed by atoms with Crippen molar-refractivity contribution in [1.82, 2.24) is 20.2 Å². The Bertz CT molecular complexity index is 548. The van der Waals surface area contributed by atoms with Crippen LogP contribution in [0, 0.1) is 0 Å². The second kappa shape index (κ2) is 4.17. The summed E-state index contributed by atoms with van der Waals surface area (Å²) in [6.45, 7) is 0. The maximum absolute atomic E-state index is 4.11. The maximum atomic E-state index is 4.11. The lowest BCUT2D eigenvalue weighted by molar-refractivity contribution is 1.09. The number of hydrogen-bond acceptors (Lipinski definition) is 3. The van der Waals surface area contributed by atoms with Crippen LogP contribution in [0.3, 0.4) is 0 Å². The summed E-state index contributed by atoms with van der Waals surface area (Å²) >= 11 is 0. The number of hydrogen-bond donors (Lipinski definition) is 1. The monoisotopic (exact) mass is 222 g/mol. The molecule has 0 aliphatic rings. The van der Waals surface area contributed by atoms with Gasteiger partial charge in [0.25, 0.3) is 0 Å². The number of rotatable bonds is 2. The normalized spacial score (nSPS) is 10.4. The topological polar surface area (TPSA) is 54.5 Å². The van der Waals surface area contributed by atoms with Gasteiger partial charge in [-0.05, 0) is 29.8 Å². The van der Waals surface area contributed by atoms with Gasteiger partial charge < -0.3 is 0 Å². The fourth-order valence-corrected chi connectivity index (χ4v) is 1.78. The molecule has 0 unspecified atom stereocenters. The van der Waals surface area contributed by atoms with Crippen LogP contribution in [0.1, 0.15) is 0 Å². The highest BCUT2D eigenvalue weighted by Crippen LogP contribution is 2.28. The van der Waals surface area contributed by atoms with Crippen molar-refractivity contribution in [3.05, 3.63) is 55.2 Å². The van der Waals surface area contributed by atoms with E-state index in [4.69, 9.17) is 0 Å². The molecule has 3 heterocycles. The first kappa shape index (κ1) is 9.72. The Morgan fingerprint density at radius 2 is 1.35 bits per heavy atom. The molecule has 0 bridgehead atoms. The average Bonchev–Trinajstić information content (AvgIpc) is 2.90. The largest absolute Gasteiger partial charge is 0.277 e. The van der Waals surface area contributed by atoms with Crippen LogP contribution in [0.4, 0.5) is 0 Å². The molecule has 0 saturated heterocycles. The van der Waals surface area contributed by atoms with Crippen molar-refractivity contribution in [2.75, 3.05) is 0 Å². The number of nitrogens with one attached hydrogen (secondary N) is 1. The van der Waals surface area contributed by atoms with Gasteiger partial charge in [0.2, 0.25) is 0 Å². The van der Waals surface area contributed by atoms with E-state index in [0.29, 0.717) is 0 Å². The number of aromatic nitrogens is 4. The first-order valence-electron chi connectivity index (χ1n) is 5.29. The third-order valence-electron chi connectivity index (χ3n) is 2.60. The van der Waals surface area contributed by atoms with Crippen LogP contribution in [0.25, 0.3) is 22.4 Å². The molecule has 0 aliphatic carbocycles. The summed E-state index contributed by atoms with van der Waals surface area (Å²) in [6, 6.07) is 7.85. The first-order chi connectivity index (χ1) is 8.45. The highest BCUT2D eigenvalue weighted by Gasteiger charge is 2.08. The summed E-state index contributed by atoms with van der Waals surface area (Å²) in [7, 11) is 0. The number of nitrogens with zero attached hydrogens (tertiary/aromatic N) is 3. The van der Waals surface area contributed by atoms with Crippen molar-refractivity contribution >= 4 is 0 Å². The molecule has 3 aromatic rings. The molecule has 1 N–H and O–H groups in total. The van der Waals surface area contributed by atoms with Crippen LogP contribution in [0.5, 0.6) is 0 Å². The van der Waals surface area contributed by atoms with E-state index in [-0.39, 0.29) is 0 Å². The van der Waals surface area contributed by atoms with Gasteiger partial charge in [0, 0.05) is 35.9 Å². The molecule has 3 rings (SSSR count). The van der Waals surface area contributed by atoms with Gasteiger partial charge in [-0.1, -0.05) is 0 Å². The van der Waals surface area contributed by atoms with Crippen molar-refractivity contribution in [2.24, 2.45) is 0 Å². The van der Waals surface area contributed by atoms with Gasteiger partial charge in [-0.3, -0.25) is 15.1 Å². The van der Waals surface area contributed by atoms with E-state index in [1.54, 1.807) is 24.8 Å². The molecule has 0 atom stereocenters. The minimum absolute atomic E-state index is 0.999. The minimum Gasteiger partial charge on any atom is -0.277 e. The molecule has 0 fully saturated rings. The summed E-state index contributed by atoms with van der Waals surface area (Å²) in [6.07, 6.45) is 8.92. The van der Waals surface area contributed by atoms with E-state index in [1.165, 1.54) is 0 Å². The van der Waals surface area contributed by atoms with Crippen molar-refractivity contribution in [3.8, 4) is 22.4 Å². The Labute approximate surface area is 98.4 Å². The lowest BCUT2D eigenvalue weighted by Gasteiger charge is -2.02. The Balaban J connectivity index is 2.13. The molecule has 0 radical (unpaired) electrons. The standard InChI is InChI=1S/C13H10N4/c1-5-14-6-2-10(1)12-9-16-17-13(12)11-3-7-15-8-4-11/h1-9H,(H,16,17). The van der Waals surface area contributed by atoms with E-state index >= 15 is 0 Å². The summed E-state index contributed by atoms with van der Waals surface area (Å²) < 4.78 is 0. The SMILES string of the molecule is c1cc(-c2cn[nH]c2-c2ccncc2)ccn1. The Morgan fingerprint density at radius 3 is 2.00 bits per heavy atom. The second-order valence-corrected chi connectivity index (χ2v) is 3.63. The molecule has 4 heteroatoms. The van der Waals surface area contributed by atoms with E-state index in [2.05, 4.69) is 20.2 Å². The lowest BCUT2D eigenvalue weighted by atomic mass is 10.0. The van der Waals surface area contributed by atoms with Crippen molar-refractivity contribution in [2.45, 2.75) is 0 Å². The summed E-state index contributed by atoms with van der Waals surface area (Å²) in [5.41, 5.74) is 4.24. The van der Waals surface area contributed by atoms with Crippen LogP contribution in [0.2, 0.25) is 0 Å². The quantitative estimate of drug-likeness (QED) is 0.724. The van der Waals surface area contributed by atoms with Gasteiger partial charge in [0.1, 0.15) is 0 Å². The predicted molar refractivity (Wildman–Crippen MR) is 65.0 cm³/mol. The average molecular weight is 222 g/mol. The highest BCUT2D eigenvalue weighted by atomic mass is 15.1. The van der Waals surface area contributed by atoms with Gasteiger partial charge in [-0.25, -0.2) is 0 Å². The fourth-order valence-electron chi connectivity index (χ4n) is 1.78. The van der Waals surface area contributed by atoms with E-state index in [1.807, 2.05) is 30.5 Å². The first-order valence-corrected chi connectivity index (χ1v) is 5.29. The Morgan fingerprint density at radius 1 is 0.765 bits per heavy atom. The maximum Gasteiger partial charge on any atom is 0.0729 e. The molecule has 0 spiro atoms. The number of H-pyrrole nitrogens is 1. The molecule has 0 aromatic carbocycles. The van der Waals surface area contributed by atoms with Gasteiger partial charge >= 0.3 is 0 Å². The number of aromatic amines is 1. The van der Waals surface area contributed by atoms with Crippen LogP contribution >= 0.6 is 0 Å². The van der Waals surface area contributed by atoms with Gasteiger partial charge in [-0.2, -0.15) is 5.10 Å². The molecule has 3 aromatic heterocycles. The number of pyridine rings is 2. The zero-order valence-corrected chi connectivity index (χ0v) is 9.04. The second-order valence-electron chi connectivity index (χ2n) is 3.63. The molecule has 82 valence electrons. The molecular weight excluding hydrogens is 212 g/mol. The van der Waals surface area contributed by atoms with Crippen LogP contribution in [0.15, 0.2) is 55.2 Å². The molecule has 0 aliphatic heterocycles. The van der Waals surface area contributed by atoms with Crippen molar-refractivity contribution in [1.29, 1.82) is 0 Å². The molecule has 0 saturated carbocycles. The van der Waals surface area contributed by atoms with E-state index < -0.39 is 0 Å². The van der Waals surface area contributed by atoms with Crippen molar-refractivity contribution < 1.29 is 0 Å². The zero-order chi connectivity index (χ0) is 11.5. The Kier molecular flexibility index (Phi) is 2.38. The van der Waals surface area contributed by atoms with Crippen LogP contribution < -0.4 is 0 Å². The van der Waals surface area contributed by atoms with Crippen LogP contribution in [-0.2, 0) is 0 Å². The van der Waals surface area contributed by atoms with Gasteiger partial charge in [-0.15, -0.1) is 0 Å². The third kappa shape index (κ3) is 1.80. The third-order valence-corrected chi connectivity index (χ3v) is 2.60. The van der Waals surface area contributed by atoms with Gasteiger partial charge in [0.05, 0.1) is 11.9 Å². The fraction of sp³-hybridized carbons (Fsp3) is 0. The molecule has 4 nitrogen and oxygen atoms in total. The van der Waals surface area contributed by atoms with E-state index in [9.17, 15) is 0 Å². The van der Waals surface area contributed by atoms with Gasteiger partial charge in [0.15, 0.2) is 0 Å². The summed E-state index contributed by atoms with van der Waals surface area (Å²) in [4.78, 5) is 8.03. The summed E-state index contributed by atoms with van der Waals surface area (Å²) in [5.74, 6) is 0. The smallest absolute Gasteiger partial charge is 0.0729 e. The predicted octanol–water partition coefficient (Wildman–Crippen LogP) is 2.53. The zero-order valence-electron chi connectivity index (χ0n) is 9.04. The summed E-state index contributed by atoms with van der Waals surface area (Å²) in [5, 5.41) is 7.13. The molecule has 17 heavy (non-hydrogen) atoms. The highest BCUT2D eigenvalue weighted by molar-refractivity contribution is 5.79. The minimum atomic E-state index is 0.999. The van der Waals surface area contributed by atoms with Crippen molar-refractivity contribution in [3.63, 3.8) is 0 Å².